The van der Waals surface area contributed by atoms with Crippen LogP contribution in [0.25, 0.3) is 10.8 Å². The van der Waals surface area contributed by atoms with E-state index in [-0.39, 0.29) is 5.56 Å². The van der Waals surface area contributed by atoms with Crippen LogP contribution in [0.15, 0.2) is 120 Å². The first-order valence-corrected chi connectivity index (χ1v) is 15.8. The van der Waals surface area contributed by atoms with Gasteiger partial charge in [0.1, 0.15) is 0 Å². The van der Waals surface area contributed by atoms with Crippen LogP contribution in [0.4, 0.5) is 5.69 Å². The molecule has 0 amide bonds. The number of fused-ring (bicyclic) bond motifs is 1. The number of rotatable bonds is 11. The van der Waals surface area contributed by atoms with Gasteiger partial charge in [0, 0.05) is 43.7 Å². The van der Waals surface area contributed by atoms with Crippen LogP contribution < -0.4 is 10.5 Å². The molecule has 5 aromatic rings. The highest BCUT2D eigenvalue weighted by atomic mass is 16.1. The Morgan fingerprint density at radius 1 is 0.659 bits per heavy atom. The van der Waals surface area contributed by atoms with Gasteiger partial charge in [-0.3, -0.25) is 4.79 Å². The summed E-state index contributed by atoms with van der Waals surface area (Å²) in [6, 6.07) is 39.5. The Balaban J connectivity index is 0.000000175. The predicted octanol–water partition coefficient (Wildman–Crippen LogP) is 6.34. The number of likely N-dealkylation sites (N-methyl/N-ethyl adjacent to an activating group) is 1. The average molecular weight is 588 g/mol. The average Bonchev–Trinajstić information content (AvgIpc) is 3.59. The summed E-state index contributed by atoms with van der Waals surface area (Å²) in [6.45, 7) is 7.18. The summed E-state index contributed by atoms with van der Waals surface area (Å²) < 4.78 is 1.60. The molecule has 2 heterocycles. The molecule has 1 aliphatic heterocycles. The zero-order chi connectivity index (χ0) is 30.6. The van der Waals surface area contributed by atoms with Crippen LogP contribution in [-0.4, -0.2) is 66.4 Å². The molecule has 0 unspecified atom stereocenters. The SMILES string of the molecule is CN(C)CCn1nc(Cc2ccccc2)c2ccccc2c1=O.c1ccc(CN(CCN2CCCC2)c2ccccc2)cc1. The van der Waals surface area contributed by atoms with Crippen molar-refractivity contribution in [3.05, 3.63) is 142 Å². The molecule has 1 saturated heterocycles. The number of para-hydroxylation sites is 1. The maximum absolute atomic E-state index is 12.6. The number of hydrogen-bond acceptors (Lipinski definition) is 5. The summed E-state index contributed by atoms with van der Waals surface area (Å²) in [5.74, 6) is 0. The quantitative estimate of drug-likeness (QED) is 0.181. The van der Waals surface area contributed by atoms with E-state index in [4.69, 9.17) is 0 Å². The van der Waals surface area contributed by atoms with Crippen LogP contribution in [0.1, 0.15) is 29.7 Å². The van der Waals surface area contributed by atoms with E-state index in [9.17, 15) is 4.79 Å². The first-order chi connectivity index (χ1) is 21.6. The third-order valence-electron chi connectivity index (χ3n) is 8.14. The largest absolute Gasteiger partial charge is 0.366 e. The molecule has 1 aliphatic rings. The second kappa shape index (κ2) is 16.0. The van der Waals surface area contributed by atoms with Crippen LogP contribution in [0.5, 0.6) is 0 Å². The van der Waals surface area contributed by atoms with Crippen LogP contribution in [0.2, 0.25) is 0 Å². The summed E-state index contributed by atoms with van der Waals surface area (Å²) >= 11 is 0. The van der Waals surface area contributed by atoms with Gasteiger partial charge in [-0.1, -0.05) is 97.1 Å². The number of anilines is 1. The van der Waals surface area contributed by atoms with E-state index in [1.54, 1.807) is 4.68 Å². The van der Waals surface area contributed by atoms with Gasteiger partial charge in [-0.2, -0.15) is 5.10 Å². The number of nitrogens with zero attached hydrogens (tertiary/aromatic N) is 5. The smallest absolute Gasteiger partial charge is 0.274 e. The zero-order valence-electron chi connectivity index (χ0n) is 26.2. The fourth-order valence-corrected chi connectivity index (χ4v) is 5.68. The molecule has 1 fully saturated rings. The van der Waals surface area contributed by atoms with Crippen molar-refractivity contribution in [2.45, 2.75) is 32.4 Å². The highest BCUT2D eigenvalue weighted by Gasteiger charge is 2.14. The Bertz CT molecular complexity index is 1610. The monoisotopic (exact) mass is 587 g/mol. The van der Waals surface area contributed by atoms with Crippen molar-refractivity contribution in [1.82, 2.24) is 19.6 Å². The zero-order valence-corrected chi connectivity index (χ0v) is 26.2. The second-order valence-corrected chi connectivity index (χ2v) is 11.8. The molecule has 0 spiro atoms. The Morgan fingerprint density at radius 2 is 1.23 bits per heavy atom. The van der Waals surface area contributed by atoms with Gasteiger partial charge in [-0.25, -0.2) is 4.68 Å². The van der Waals surface area contributed by atoms with Crippen molar-refractivity contribution in [3.8, 4) is 0 Å². The van der Waals surface area contributed by atoms with Gasteiger partial charge in [0.2, 0.25) is 0 Å². The maximum atomic E-state index is 12.6. The lowest BCUT2D eigenvalue weighted by Crippen LogP contribution is -2.33. The summed E-state index contributed by atoms with van der Waals surface area (Å²) in [5.41, 5.74) is 4.83. The van der Waals surface area contributed by atoms with Crippen molar-refractivity contribution in [2.75, 3.05) is 51.7 Å². The van der Waals surface area contributed by atoms with E-state index >= 15 is 0 Å². The van der Waals surface area contributed by atoms with Crippen molar-refractivity contribution in [1.29, 1.82) is 0 Å². The molecule has 0 radical (unpaired) electrons. The summed E-state index contributed by atoms with van der Waals surface area (Å²) in [6.07, 6.45) is 3.46. The number of likely N-dealkylation sites (tertiary alicyclic amines) is 1. The minimum absolute atomic E-state index is 0.0146. The first-order valence-electron chi connectivity index (χ1n) is 15.8. The molecule has 0 saturated carbocycles. The van der Waals surface area contributed by atoms with Crippen molar-refractivity contribution in [2.24, 2.45) is 0 Å². The highest BCUT2D eigenvalue weighted by molar-refractivity contribution is 5.83. The maximum Gasteiger partial charge on any atom is 0.274 e. The Kier molecular flexibility index (Phi) is 11.3. The van der Waals surface area contributed by atoms with Crippen molar-refractivity contribution >= 4 is 16.5 Å². The van der Waals surface area contributed by atoms with E-state index in [0.29, 0.717) is 6.54 Å². The van der Waals surface area contributed by atoms with Gasteiger partial charge in [0.25, 0.3) is 5.56 Å². The minimum Gasteiger partial charge on any atom is -0.366 e. The molecule has 0 aliphatic carbocycles. The third-order valence-corrected chi connectivity index (χ3v) is 8.14. The van der Waals surface area contributed by atoms with Crippen LogP contribution >= 0.6 is 0 Å². The summed E-state index contributed by atoms with van der Waals surface area (Å²) in [7, 11) is 3.99. The Labute approximate surface area is 262 Å². The summed E-state index contributed by atoms with van der Waals surface area (Å²) in [5, 5.41) is 6.33. The fourth-order valence-electron chi connectivity index (χ4n) is 5.68. The number of aromatic nitrogens is 2. The summed E-state index contributed by atoms with van der Waals surface area (Å²) in [4.78, 5) is 19.8. The van der Waals surface area contributed by atoms with Crippen LogP contribution in [0, 0.1) is 0 Å². The molecule has 0 N–H and O–H groups in total. The fraction of sp³-hybridized carbons (Fsp3) is 0.316. The molecule has 6 nitrogen and oxygen atoms in total. The topological polar surface area (TPSA) is 44.6 Å². The predicted molar refractivity (Wildman–Crippen MR) is 183 cm³/mol. The van der Waals surface area contributed by atoms with Crippen molar-refractivity contribution in [3.63, 3.8) is 0 Å². The normalized spacial score (nSPS) is 13.2. The lowest BCUT2D eigenvalue weighted by atomic mass is 10.0. The van der Waals surface area contributed by atoms with Gasteiger partial charge >= 0.3 is 0 Å². The molecule has 6 rings (SSSR count). The molecule has 44 heavy (non-hydrogen) atoms. The molecule has 4 aromatic carbocycles. The lowest BCUT2D eigenvalue weighted by Gasteiger charge is -2.27. The highest BCUT2D eigenvalue weighted by Crippen LogP contribution is 2.18. The van der Waals surface area contributed by atoms with E-state index in [1.807, 2.05) is 56.6 Å². The molecular weight excluding hydrogens is 542 g/mol. The van der Waals surface area contributed by atoms with E-state index < -0.39 is 0 Å². The molecule has 6 heteroatoms. The van der Waals surface area contributed by atoms with E-state index in [0.717, 1.165) is 42.5 Å². The third kappa shape index (κ3) is 8.88. The molecular formula is C38H45N5O. The first kappa shape index (κ1) is 31.2. The number of hydrogen-bond donors (Lipinski definition) is 0. The van der Waals surface area contributed by atoms with Crippen LogP contribution in [-0.2, 0) is 19.5 Å². The van der Waals surface area contributed by atoms with E-state index in [1.165, 1.54) is 49.3 Å². The van der Waals surface area contributed by atoms with Gasteiger partial charge in [0.05, 0.1) is 17.6 Å². The van der Waals surface area contributed by atoms with Gasteiger partial charge in [-0.05, 0) is 69.4 Å². The lowest BCUT2D eigenvalue weighted by molar-refractivity contribution is 0.344. The van der Waals surface area contributed by atoms with E-state index in [2.05, 4.69) is 92.6 Å². The standard InChI is InChI=1S/C19H21N3O.C19H24N2/c1-21(2)12-13-22-19(23)17-11-7-6-10-16(17)18(20-22)14-15-8-4-3-5-9-15;1-3-9-18(10-4-1)17-21(19-11-5-2-6-12-19)16-15-20-13-7-8-14-20/h3-11H,12-14H2,1-2H3;1-6,9-12H,7-8,13-17H2. The molecule has 228 valence electrons. The molecule has 0 bridgehead atoms. The minimum atomic E-state index is -0.0146. The van der Waals surface area contributed by atoms with Gasteiger partial charge in [0.15, 0.2) is 0 Å². The number of benzene rings is 4. The van der Waals surface area contributed by atoms with Gasteiger partial charge < -0.3 is 14.7 Å². The van der Waals surface area contributed by atoms with Crippen molar-refractivity contribution < 1.29 is 0 Å². The molecule has 0 atom stereocenters. The Hall–Kier alpha value is -4.26. The van der Waals surface area contributed by atoms with Gasteiger partial charge in [-0.15, -0.1) is 0 Å². The second-order valence-electron chi connectivity index (χ2n) is 11.8. The Morgan fingerprint density at radius 3 is 1.86 bits per heavy atom. The molecule has 1 aromatic heterocycles. The van der Waals surface area contributed by atoms with Crippen LogP contribution in [0.3, 0.4) is 0 Å².